The predicted octanol–water partition coefficient (Wildman–Crippen LogP) is 2.55. The van der Waals surface area contributed by atoms with Gasteiger partial charge in [-0.25, -0.2) is 9.97 Å². The Bertz CT molecular complexity index is 796. The summed E-state index contributed by atoms with van der Waals surface area (Å²) in [7, 11) is 1.66. The van der Waals surface area contributed by atoms with E-state index in [2.05, 4.69) is 9.97 Å². The van der Waals surface area contributed by atoms with E-state index in [-0.39, 0.29) is 0 Å². The van der Waals surface area contributed by atoms with E-state index in [1.807, 2.05) is 48.0 Å². The number of imidazole rings is 1. The highest BCUT2D eigenvalue weighted by Gasteiger charge is 2.12. The van der Waals surface area contributed by atoms with Gasteiger partial charge in [-0.15, -0.1) is 0 Å². The van der Waals surface area contributed by atoms with Crippen LogP contribution in [0.25, 0.3) is 11.2 Å². The summed E-state index contributed by atoms with van der Waals surface area (Å²) in [5.74, 6) is 1.64. The highest BCUT2D eigenvalue weighted by atomic mass is 16.5. The van der Waals surface area contributed by atoms with Crippen LogP contribution in [-0.2, 0) is 17.9 Å². The number of nitrogen functional groups attached to an aromatic ring is 1. The molecule has 0 atom stereocenters. The molecule has 23 heavy (non-hydrogen) atoms. The van der Waals surface area contributed by atoms with Gasteiger partial charge in [-0.2, -0.15) is 0 Å². The van der Waals surface area contributed by atoms with Crippen molar-refractivity contribution in [3.8, 4) is 5.75 Å². The van der Waals surface area contributed by atoms with Crippen LogP contribution in [0.1, 0.15) is 11.4 Å². The first-order valence-electron chi connectivity index (χ1n) is 7.46. The van der Waals surface area contributed by atoms with Crippen molar-refractivity contribution in [2.75, 3.05) is 19.5 Å². The zero-order valence-electron chi connectivity index (χ0n) is 13.3. The van der Waals surface area contributed by atoms with Crippen LogP contribution in [0.15, 0.2) is 36.5 Å². The lowest BCUT2D eigenvalue weighted by atomic mass is 10.3. The number of rotatable bonds is 6. The molecule has 3 aromatic rings. The largest absolute Gasteiger partial charge is 0.492 e. The van der Waals surface area contributed by atoms with Crippen LogP contribution >= 0.6 is 0 Å². The monoisotopic (exact) mass is 312 g/mol. The third-order valence-electron chi connectivity index (χ3n) is 3.54. The number of benzene rings is 1. The Morgan fingerprint density at radius 3 is 2.74 bits per heavy atom. The van der Waals surface area contributed by atoms with Crippen molar-refractivity contribution in [3.63, 3.8) is 0 Å². The van der Waals surface area contributed by atoms with Gasteiger partial charge in [0, 0.05) is 19.0 Å². The summed E-state index contributed by atoms with van der Waals surface area (Å²) in [6.45, 7) is 3.61. The summed E-state index contributed by atoms with van der Waals surface area (Å²) in [5, 5.41) is 0. The first-order valence-corrected chi connectivity index (χ1v) is 7.46. The van der Waals surface area contributed by atoms with Crippen LogP contribution in [0.4, 0.5) is 5.69 Å². The van der Waals surface area contributed by atoms with E-state index in [4.69, 9.17) is 15.2 Å². The van der Waals surface area contributed by atoms with Crippen LogP contribution in [0.3, 0.4) is 0 Å². The Hall–Kier alpha value is -2.60. The Balaban J connectivity index is 1.77. The Morgan fingerprint density at radius 1 is 1.22 bits per heavy atom. The molecular formula is C17H20N4O2. The number of hydrogen-bond acceptors (Lipinski definition) is 5. The van der Waals surface area contributed by atoms with Crippen LogP contribution < -0.4 is 10.5 Å². The average Bonchev–Trinajstić information content (AvgIpc) is 2.86. The maximum atomic E-state index is 5.77. The minimum absolute atomic E-state index is 0.442. The molecule has 0 aliphatic heterocycles. The number of anilines is 1. The van der Waals surface area contributed by atoms with Gasteiger partial charge < -0.3 is 19.8 Å². The summed E-state index contributed by atoms with van der Waals surface area (Å²) in [4.78, 5) is 9.10. The van der Waals surface area contributed by atoms with E-state index in [9.17, 15) is 0 Å². The number of nitrogens with zero attached hydrogens (tertiary/aromatic N) is 3. The molecular weight excluding hydrogens is 292 g/mol. The molecule has 0 bridgehead atoms. The van der Waals surface area contributed by atoms with Crippen LogP contribution in [0.5, 0.6) is 5.75 Å². The molecule has 2 aromatic heterocycles. The molecule has 2 N–H and O–H groups in total. The van der Waals surface area contributed by atoms with Crippen molar-refractivity contribution in [2.45, 2.75) is 20.1 Å². The van der Waals surface area contributed by atoms with Gasteiger partial charge in [-0.1, -0.05) is 0 Å². The van der Waals surface area contributed by atoms with E-state index >= 15 is 0 Å². The molecule has 120 valence electrons. The summed E-state index contributed by atoms with van der Waals surface area (Å²) in [5.41, 5.74) is 9.21. The fourth-order valence-corrected chi connectivity index (χ4v) is 2.45. The van der Waals surface area contributed by atoms with Gasteiger partial charge in [0.05, 0.1) is 6.54 Å². The molecule has 0 fully saturated rings. The second-order valence-electron chi connectivity index (χ2n) is 5.39. The third kappa shape index (κ3) is 3.43. The minimum atomic E-state index is 0.442. The number of aryl methyl sites for hydroxylation is 1. The van der Waals surface area contributed by atoms with Crippen molar-refractivity contribution >= 4 is 16.9 Å². The second-order valence-corrected chi connectivity index (χ2v) is 5.39. The lowest BCUT2D eigenvalue weighted by Gasteiger charge is -2.10. The maximum Gasteiger partial charge on any atom is 0.160 e. The first kappa shape index (κ1) is 15.3. The van der Waals surface area contributed by atoms with E-state index in [0.29, 0.717) is 19.8 Å². The van der Waals surface area contributed by atoms with E-state index in [1.165, 1.54) is 0 Å². The zero-order valence-corrected chi connectivity index (χ0v) is 13.3. The number of nitrogens with two attached hydrogens (primary N) is 1. The molecule has 0 amide bonds. The quantitative estimate of drug-likeness (QED) is 0.708. The molecule has 0 saturated carbocycles. The topological polar surface area (TPSA) is 75.2 Å². The molecule has 3 rings (SSSR count). The molecule has 6 nitrogen and oxygen atoms in total. The zero-order chi connectivity index (χ0) is 16.2. The van der Waals surface area contributed by atoms with Crippen molar-refractivity contribution in [1.82, 2.24) is 14.5 Å². The smallest absolute Gasteiger partial charge is 0.160 e. The molecule has 6 heteroatoms. The van der Waals surface area contributed by atoms with Gasteiger partial charge >= 0.3 is 0 Å². The van der Waals surface area contributed by atoms with Crippen molar-refractivity contribution in [1.29, 1.82) is 0 Å². The fraction of sp³-hybridized carbons (Fsp3) is 0.294. The van der Waals surface area contributed by atoms with Crippen molar-refractivity contribution in [3.05, 3.63) is 47.9 Å². The van der Waals surface area contributed by atoms with Gasteiger partial charge in [0.2, 0.25) is 0 Å². The highest BCUT2D eigenvalue weighted by Crippen LogP contribution is 2.17. The molecule has 0 aliphatic carbocycles. The van der Waals surface area contributed by atoms with Gasteiger partial charge in [-0.05, 0) is 42.8 Å². The summed E-state index contributed by atoms with van der Waals surface area (Å²) in [6.07, 6.45) is 1.85. The van der Waals surface area contributed by atoms with E-state index in [0.717, 1.165) is 34.0 Å². The van der Waals surface area contributed by atoms with Crippen molar-refractivity contribution in [2.24, 2.45) is 0 Å². The number of hydrogen-bond donors (Lipinski definition) is 1. The normalized spacial score (nSPS) is 11.0. The van der Waals surface area contributed by atoms with Gasteiger partial charge in [0.1, 0.15) is 30.3 Å². The van der Waals surface area contributed by atoms with Crippen LogP contribution in [-0.4, -0.2) is 28.3 Å². The number of methoxy groups -OCH3 is 1. The van der Waals surface area contributed by atoms with E-state index in [1.54, 1.807) is 7.11 Å². The maximum absolute atomic E-state index is 5.77. The predicted molar refractivity (Wildman–Crippen MR) is 89.3 cm³/mol. The number of pyridine rings is 1. The van der Waals surface area contributed by atoms with Crippen molar-refractivity contribution < 1.29 is 9.47 Å². The minimum Gasteiger partial charge on any atom is -0.492 e. The third-order valence-corrected chi connectivity index (χ3v) is 3.54. The molecule has 0 aliphatic rings. The molecule has 2 heterocycles. The fourth-order valence-electron chi connectivity index (χ4n) is 2.45. The van der Waals surface area contributed by atoms with E-state index < -0.39 is 0 Å². The number of ether oxygens (including phenoxy) is 2. The molecule has 1 aromatic carbocycles. The molecule has 0 radical (unpaired) electrons. The summed E-state index contributed by atoms with van der Waals surface area (Å²) < 4.78 is 13.0. The Morgan fingerprint density at radius 2 is 2.00 bits per heavy atom. The lowest BCUT2D eigenvalue weighted by molar-refractivity contribution is 0.173. The SMILES string of the molecule is COCc1nc2cc(C)cnc2n1CCOc1ccc(N)cc1. The number of fused-ring (bicyclic) bond motifs is 1. The highest BCUT2D eigenvalue weighted by molar-refractivity contribution is 5.72. The van der Waals surface area contributed by atoms with Gasteiger partial charge in [0.15, 0.2) is 5.65 Å². The summed E-state index contributed by atoms with van der Waals surface area (Å²) in [6, 6.07) is 9.39. The molecule has 0 unspecified atom stereocenters. The first-order chi connectivity index (χ1) is 11.2. The standard InChI is InChI=1S/C17H20N4O2/c1-12-9-15-17(19-10-12)21(16(20-15)11-22-2)7-8-23-14-5-3-13(18)4-6-14/h3-6,9-10H,7-8,11,18H2,1-2H3. The lowest BCUT2D eigenvalue weighted by Crippen LogP contribution is -2.12. The Kier molecular flexibility index (Phi) is 4.43. The molecule has 0 saturated heterocycles. The van der Waals surface area contributed by atoms with Crippen LogP contribution in [0.2, 0.25) is 0 Å². The second kappa shape index (κ2) is 6.66. The summed E-state index contributed by atoms with van der Waals surface area (Å²) >= 11 is 0. The van der Waals surface area contributed by atoms with Crippen LogP contribution in [0, 0.1) is 6.92 Å². The van der Waals surface area contributed by atoms with Gasteiger partial charge in [0.25, 0.3) is 0 Å². The van der Waals surface area contributed by atoms with Gasteiger partial charge in [-0.3, -0.25) is 0 Å². The Labute approximate surface area is 134 Å². The molecule has 0 spiro atoms. The number of aromatic nitrogens is 3. The average molecular weight is 312 g/mol.